The molecule has 2 N–H and O–H groups in total. The third kappa shape index (κ3) is 6.58. The maximum Gasteiger partial charge on any atom is 0.123 e. The Hall–Kier alpha value is -1.08. The van der Waals surface area contributed by atoms with Crippen LogP contribution >= 0.6 is 12.2 Å². The first-order valence-corrected chi connectivity index (χ1v) is 6.54. The van der Waals surface area contributed by atoms with Crippen molar-refractivity contribution < 1.29 is 14.2 Å². The van der Waals surface area contributed by atoms with Crippen LogP contribution in [0.3, 0.4) is 0 Å². The van der Waals surface area contributed by atoms with Crippen molar-refractivity contribution >= 4 is 17.2 Å². The highest BCUT2D eigenvalue weighted by Gasteiger charge is 2.05. The van der Waals surface area contributed by atoms with Crippen molar-refractivity contribution in [1.82, 2.24) is 4.98 Å². The van der Waals surface area contributed by atoms with Crippen LogP contribution in [0.15, 0.2) is 18.3 Å². The van der Waals surface area contributed by atoms with Gasteiger partial charge in [0.25, 0.3) is 0 Å². The lowest BCUT2D eigenvalue weighted by Crippen LogP contribution is -2.15. The highest BCUT2D eigenvalue weighted by molar-refractivity contribution is 7.80. The Kier molecular flexibility index (Phi) is 8.24. The first-order valence-electron chi connectivity index (χ1n) is 6.14. The minimum Gasteiger partial charge on any atom is -0.388 e. The SMILES string of the molecule is COCCCOCCOCc1cccnc1C(N)=S. The fourth-order valence-corrected chi connectivity index (χ4v) is 1.67. The normalized spacial score (nSPS) is 10.6. The Balaban J connectivity index is 2.17. The molecule has 0 spiro atoms. The molecule has 6 heteroatoms. The van der Waals surface area contributed by atoms with E-state index in [1.807, 2.05) is 12.1 Å². The molecule has 0 aliphatic rings. The number of thiocarbonyl (C=S) groups is 1. The molecule has 0 bridgehead atoms. The highest BCUT2D eigenvalue weighted by atomic mass is 32.1. The van der Waals surface area contributed by atoms with Crippen LogP contribution in [0, 0.1) is 0 Å². The lowest BCUT2D eigenvalue weighted by atomic mass is 10.2. The summed E-state index contributed by atoms with van der Waals surface area (Å²) in [6.07, 6.45) is 2.56. The summed E-state index contributed by atoms with van der Waals surface area (Å²) >= 11 is 4.93. The fraction of sp³-hybridized carbons (Fsp3) is 0.538. The molecule has 1 heterocycles. The summed E-state index contributed by atoms with van der Waals surface area (Å²) in [7, 11) is 1.68. The predicted octanol–water partition coefficient (Wildman–Crippen LogP) is 1.29. The molecule has 0 fully saturated rings. The summed E-state index contributed by atoms with van der Waals surface area (Å²) in [6.45, 7) is 2.92. The molecule has 0 saturated carbocycles. The van der Waals surface area contributed by atoms with E-state index in [0.717, 1.165) is 12.0 Å². The largest absolute Gasteiger partial charge is 0.388 e. The van der Waals surface area contributed by atoms with Gasteiger partial charge in [-0.15, -0.1) is 0 Å². The Labute approximate surface area is 119 Å². The number of hydrogen-bond donors (Lipinski definition) is 1. The molecule has 0 saturated heterocycles. The zero-order chi connectivity index (χ0) is 13.9. The zero-order valence-electron chi connectivity index (χ0n) is 11.1. The Bertz CT molecular complexity index is 388. The van der Waals surface area contributed by atoms with E-state index in [0.29, 0.717) is 38.7 Å². The van der Waals surface area contributed by atoms with E-state index >= 15 is 0 Å². The van der Waals surface area contributed by atoms with Gasteiger partial charge < -0.3 is 19.9 Å². The summed E-state index contributed by atoms with van der Waals surface area (Å²) < 4.78 is 15.8. The van der Waals surface area contributed by atoms with Gasteiger partial charge in [-0.05, 0) is 12.5 Å². The van der Waals surface area contributed by atoms with Crippen LogP contribution in [0.4, 0.5) is 0 Å². The van der Waals surface area contributed by atoms with Gasteiger partial charge in [-0.3, -0.25) is 4.98 Å². The maximum absolute atomic E-state index is 5.59. The predicted molar refractivity (Wildman–Crippen MR) is 77.1 cm³/mol. The van der Waals surface area contributed by atoms with E-state index in [1.54, 1.807) is 13.3 Å². The molecule has 0 radical (unpaired) electrons. The molecule has 106 valence electrons. The van der Waals surface area contributed by atoms with E-state index in [2.05, 4.69) is 4.98 Å². The van der Waals surface area contributed by atoms with Crippen LogP contribution in [0.1, 0.15) is 17.7 Å². The molecule has 1 aromatic heterocycles. The number of ether oxygens (including phenoxy) is 3. The Morgan fingerprint density at radius 1 is 1.26 bits per heavy atom. The number of methoxy groups -OCH3 is 1. The molecule has 0 aromatic carbocycles. The molecule has 0 atom stereocenters. The smallest absolute Gasteiger partial charge is 0.123 e. The average Bonchev–Trinajstić information content (AvgIpc) is 2.42. The topological polar surface area (TPSA) is 66.6 Å². The van der Waals surface area contributed by atoms with Gasteiger partial charge in [0.15, 0.2) is 0 Å². The lowest BCUT2D eigenvalue weighted by Gasteiger charge is -2.08. The number of rotatable bonds is 10. The molecular formula is C13H20N2O3S. The second-order valence-corrected chi connectivity index (χ2v) is 4.33. The van der Waals surface area contributed by atoms with Crippen molar-refractivity contribution in [3.63, 3.8) is 0 Å². The van der Waals surface area contributed by atoms with Crippen molar-refractivity contribution in [2.24, 2.45) is 5.73 Å². The van der Waals surface area contributed by atoms with Crippen molar-refractivity contribution in [3.8, 4) is 0 Å². The first-order chi connectivity index (χ1) is 9.25. The number of pyridine rings is 1. The van der Waals surface area contributed by atoms with E-state index in [1.165, 1.54) is 0 Å². The molecule has 0 aliphatic heterocycles. The molecule has 19 heavy (non-hydrogen) atoms. The van der Waals surface area contributed by atoms with E-state index < -0.39 is 0 Å². The van der Waals surface area contributed by atoms with Crippen molar-refractivity contribution in [2.75, 3.05) is 33.5 Å². The number of nitrogens with two attached hydrogens (primary N) is 1. The summed E-state index contributed by atoms with van der Waals surface area (Å²) in [6, 6.07) is 3.74. The molecule has 1 aromatic rings. The highest BCUT2D eigenvalue weighted by Crippen LogP contribution is 2.06. The number of aromatic nitrogens is 1. The van der Waals surface area contributed by atoms with Crippen molar-refractivity contribution in [1.29, 1.82) is 0 Å². The summed E-state index contributed by atoms with van der Waals surface area (Å²) in [5.74, 6) is 0. The molecule has 5 nitrogen and oxygen atoms in total. The van der Waals surface area contributed by atoms with E-state index in [9.17, 15) is 0 Å². The van der Waals surface area contributed by atoms with Gasteiger partial charge in [-0.1, -0.05) is 18.3 Å². The first kappa shape index (κ1) is 16.0. The second kappa shape index (κ2) is 9.80. The van der Waals surface area contributed by atoms with Crippen LogP contribution in [-0.2, 0) is 20.8 Å². The fourth-order valence-electron chi connectivity index (χ4n) is 1.48. The quantitative estimate of drug-likeness (QED) is 0.516. The van der Waals surface area contributed by atoms with Gasteiger partial charge in [-0.2, -0.15) is 0 Å². The molecule has 1 rings (SSSR count). The minimum atomic E-state index is 0.287. The van der Waals surface area contributed by atoms with Gasteiger partial charge in [0.05, 0.1) is 19.8 Å². The number of hydrogen-bond acceptors (Lipinski definition) is 5. The van der Waals surface area contributed by atoms with E-state index in [4.69, 9.17) is 32.2 Å². The Morgan fingerprint density at radius 2 is 2.05 bits per heavy atom. The van der Waals surface area contributed by atoms with Crippen LogP contribution in [-0.4, -0.2) is 43.5 Å². The van der Waals surface area contributed by atoms with Crippen molar-refractivity contribution in [2.45, 2.75) is 13.0 Å². The standard InChI is InChI=1S/C13H20N2O3S/c1-16-6-3-7-17-8-9-18-10-11-4-2-5-15-12(11)13(14)19/h2,4-5H,3,6-10H2,1H3,(H2,14,19). The summed E-state index contributed by atoms with van der Waals surface area (Å²) in [4.78, 5) is 4.42. The summed E-state index contributed by atoms with van der Waals surface area (Å²) in [5.41, 5.74) is 7.11. The van der Waals surface area contributed by atoms with Crippen LogP contribution in [0.2, 0.25) is 0 Å². The molecular weight excluding hydrogens is 264 g/mol. The van der Waals surface area contributed by atoms with Gasteiger partial charge in [0.1, 0.15) is 10.7 Å². The monoisotopic (exact) mass is 284 g/mol. The molecule has 0 amide bonds. The van der Waals surface area contributed by atoms with Crippen LogP contribution in [0.25, 0.3) is 0 Å². The van der Waals surface area contributed by atoms with Crippen molar-refractivity contribution in [3.05, 3.63) is 29.6 Å². The minimum absolute atomic E-state index is 0.287. The second-order valence-electron chi connectivity index (χ2n) is 3.89. The van der Waals surface area contributed by atoms with Crippen LogP contribution in [0.5, 0.6) is 0 Å². The molecule has 0 unspecified atom stereocenters. The van der Waals surface area contributed by atoms with Gasteiger partial charge >= 0.3 is 0 Å². The summed E-state index contributed by atoms with van der Waals surface area (Å²) in [5, 5.41) is 0. The van der Waals surface area contributed by atoms with Gasteiger partial charge in [0.2, 0.25) is 0 Å². The number of nitrogens with zero attached hydrogens (tertiary/aromatic N) is 1. The lowest BCUT2D eigenvalue weighted by molar-refractivity contribution is 0.0336. The maximum atomic E-state index is 5.59. The van der Waals surface area contributed by atoms with E-state index in [-0.39, 0.29) is 4.99 Å². The van der Waals surface area contributed by atoms with Gasteiger partial charge in [0, 0.05) is 32.1 Å². The third-order valence-electron chi connectivity index (χ3n) is 2.39. The average molecular weight is 284 g/mol. The third-order valence-corrected chi connectivity index (χ3v) is 2.58. The molecule has 0 aliphatic carbocycles. The zero-order valence-corrected chi connectivity index (χ0v) is 11.9. The Morgan fingerprint density at radius 3 is 2.79 bits per heavy atom. The van der Waals surface area contributed by atoms with Crippen LogP contribution < -0.4 is 5.73 Å². The van der Waals surface area contributed by atoms with Gasteiger partial charge in [-0.25, -0.2) is 0 Å².